The Bertz CT molecular complexity index is 9700. The minimum absolute atomic E-state index is 0.0664. The van der Waals surface area contributed by atoms with Gasteiger partial charge in [0.05, 0.1) is 0 Å². The van der Waals surface area contributed by atoms with Crippen LogP contribution in [-0.4, -0.2) is 0 Å². The van der Waals surface area contributed by atoms with E-state index in [2.05, 4.69) is 553 Å². The van der Waals surface area contributed by atoms with Crippen LogP contribution in [0, 0.1) is 0 Å². The van der Waals surface area contributed by atoms with Crippen molar-refractivity contribution >= 4 is 86.2 Å². The Morgan fingerprint density at radius 1 is 0.103 bits per heavy atom. The van der Waals surface area contributed by atoms with Gasteiger partial charge in [0.25, 0.3) is 0 Å². The van der Waals surface area contributed by atoms with Gasteiger partial charge in [0.1, 0.15) is 0 Å². The molecule has 0 amide bonds. The third-order valence-corrected chi connectivity index (χ3v) is 33.2. The molecule has 0 bridgehead atoms. The third-order valence-electron chi connectivity index (χ3n) is 33.2. The first-order chi connectivity index (χ1) is 71.4. The minimum Gasteiger partial charge on any atom is -0.0622 e. The second kappa shape index (κ2) is 34.2. The van der Waals surface area contributed by atoms with Gasteiger partial charge in [-0.25, -0.2) is 0 Å². The summed E-state index contributed by atoms with van der Waals surface area (Å²) in [5.41, 5.74) is 46.9. The molecule has 25 aromatic rings. The highest BCUT2D eigenvalue weighted by Crippen LogP contribution is 2.59. The normalized spacial score (nSPS) is 13.7. The number of hydrogen-bond acceptors (Lipinski definition) is 0. The lowest BCUT2D eigenvalue weighted by Crippen LogP contribution is -2.15. The van der Waals surface area contributed by atoms with Crippen LogP contribution in [0.4, 0.5) is 0 Å². The van der Waals surface area contributed by atoms with Crippen LogP contribution in [0.15, 0.2) is 497 Å². The van der Waals surface area contributed by atoms with Crippen molar-refractivity contribution in [2.24, 2.45) is 0 Å². The molecule has 0 N–H and O–H groups in total. The molecular formula is C146H106. The maximum Gasteiger partial charge on any atom is 0.0159 e. The fourth-order valence-corrected chi connectivity index (χ4v) is 25.8. The lowest BCUT2D eigenvalue weighted by atomic mass is 9.79. The SMILES string of the molecule is CC1(C)c2ccccc2-c2ccc(-c3c4ccccc4c(-c4ccc5ccccc5c4)c4cc(-c5ccc6ccccc6c5)ccc34)cc21.CC1(C)c2ccccc2-c2ccc(-c3ccc4c(-c5ccc6c(c5)C(C)(C)c5ccccc5-6)c5ccccc5c(-c5ccc6c(c5)C(C)(C)c5ccccc5-6)c4c3)cc21.c1ccc(-c2ccc(-c3c4ccccc4c(-c4ccccc4)c4ccc(-c5ccccc5)cc34)cc2)cc1. The van der Waals surface area contributed by atoms with Crippen molar-refractivity contribution in [2.75, 3.05) is 0 Å². The molecule has 0 aliphatic heterocycles. The van der Waals surface area contributed by atoms with E-state index in [0.29, 0.717) is 0 Å². The Labute approximate surface area is 854 Å². The lowest BCUT2D eigenvalue weighted by Gasteiger charge is -2.24. The van der Waals surface area contributed by atoms with Crippen molar-refractivity contribution in [1.82, 2.24) is 0 Å². The molecular weight excluding hydrogens is 1750 g/mol. The Balaban J connectivity index is 0.000000111. The summed E-state index contributed by atoms with van der Waals surface area (Å²) in [6.07, 6.45) is 0. The number of benzene rings is 25. The van der Waals surface area contributed by atoms with Gasteiger partial charge in [-0.15, -0.1) is 0 Å². The second-order valence-electron chi connectivity index (χ2n) is 42.7. The Kier molecular flexibility index (Phi) is 20.5. The standard InChI is InChI=1S/C59H46.C49H34.C38H26/c1-57(2)49-20-12-9-15-39(49)42-27-23-36(32-52(42)57)35-24-30-47-48(31-35)56(38-26-29-44-41-17-11-14-22-51(41)59(5,6)54(44)34-38)46-19-8-7-18-45(46)55(47)37-25-28-43-40-16-10-13-21-50(40)58(3,4)53(43)33-37;1-49(2)45-18-10-9-15-39(45)40-25-24-38(30-46(40)49)47-41-16-7-8-17-42(41)48(37-22-20-32-12-4-6-14-34(32)28-37)44-29-36(23-26-43(44)47)35-21-19-31-11-3-5-13-33(31)27-35;1-4-12-27(13-5-1)29-20-22-31(23-21-29)38-34-19-11-10-18-33(34)37(30-16-8-3-9-17-30)35-25-24-32(26-36(35)38)28-14-6-2-7-15-28/h7-34H,1-6H3;3-30H,1-2H3;1-26H. The van der Waals surface area contributed by atoms with Crippen LogP contribution in [-0.2, 0) is 21.7 Å². The predicted octanol–water partition coefficient (Wildman–Crippen LogP) is 40.2. The van der Waals surface area contributed by atoms with E-state index in [4.69, 9.17) is 0 Å². The lowest BCUT2D eigenvalue weighted by molar-refractivity contribution is 0.660. The molecule has 4 aliphatic rings. The quantitative estimate of drug-likeness (QED) is 0.120. The molecule has 25 aromatic carbocycles. The highest BCUT2D eigenvalue weighted by molar-refractivity contribution is 6.26. The summed E-state index contributed by atoms with van der Waals surface area (Å²) in [7, 11) is 0. The van der Waals surface area contributed by atoms with E-state index in [1.807, 2.05) is 0 Å². The van der Waals surface area contributed by atoms with E-state index in [0.717, 1.165) is 0 Å². The predicted molar refractivity (Wildman–Crippen MR) is 624 cm³/mol. The minimum atomic E-state index is -0.0950. The molecule has 0 atom stereocenters. The second-order valence-corrected chi connectivity index (χ2v) is 42.7. The topological polar surface area (TPSA) is 0 Å². The summed E-state index contributed by atoms with van der Waals surface area (Å²) in [5.74, 6) is 0. The first-order valence-corrected chi connectivity index (χ1v) is 51.6. The summed E-state index contributed by atoms with van der Waals surface area (Å²) in [4.78, 5) is 0. The van der Waals surface area contributed by atoms with E-state index in [1.165, 1.54) is 286 Å². The van der Waals surface area contributed by atoms with Crippen LogP contribution in [0.3, 0.4) is 0 Å². The van der Waals surface area contributed by atoms with Crippen LogP contribution in [0.2, 0.25) is 0 Å². The van der Waals surface area contributed by atoms with Crippen LogP contribution < -0.4 is 0 Å². The largest absolute Gasteiger partial charge is 0.0622 e. The van der Waals surface area contributed by atoms with E-state index in [9.17, 15) is 0 Å². The molecule has 0 heterocycles. The summed E-state index contributed by atoms with van der Waals surface area (Å²) in [6.45, 7) is 19.0. The molecule has 4 aliphatic carbocycles. The summed E-state index contributed by atoms with van der Waals surface area (Å²) in [5, 5.41) is 20.4. The van der Waals surface area contributed by atoms with Gasteiger partial charge in [-0.2, -0.15) is 0 Å². The number of hydrogen-bond donors (Lipinski definition) is 0. The Morgan fingerprint density at radius 2 is 0.288 bits per heavy atom. The smallest absolute Gasteiger partial charge is 0.0159 e. The molecule has 146 heavy (non-hydrogen) atoms. The van der Waals surface area contributed by atoms with Gasteiger partial charge in [-0.1, -0.05) is 498 Å². The molecule has 0 aromatic heterocycles. The first kappa shape index (κ1) is 87.6. The molecule has 0 heteroatoms. The van der Waals surface area contributed by atoms with E-state index in [-0.39, 0.29) is 21.7 Å². The van der Waals surface area contributed by atoms with Crippen molar-refractivity contribution in [3.8, 4) is 156 Å². The molecule has 0 saturated heterocycles. The molecule has 690 valence electrons. The zero-order valence-corrected chi connectivity index (χ0v) is 83.3. The van der Waals surface area contributed by atoms with E-state index in [1.54, 1.807) is 0 Å². The fraction of sp³-hybridized carbons (Fsp3) is 0.0822. The number of rotatable bonds is 10. The van der Waals surface area contributed by atoms with Gasteiger partial charge >= 0.3 is 0 Å². The maximum absolute atomic E-state index is 2.51. The van der Waals surface area contributed by atoms with Gasteiger partial charge in [0.2, 0.25) is 0 Å². The van der Waals surface area contributed by atoms with Gasteiger partial charge < -0.3 is 0 Å². The van der Waals surface area contributed by atoms with Crippen molar-refractivity contribution < 1.29 is 0 Å². The molecule has 0 spiro atoms. The van der Waals surface area contributed by atoms with E-state index >= 15 is 0 Å². The van der Waals surface area contributed by atoms with Crippen molar-refractivity contribution in [1.29, 1.82) is 0 Å². The highest BCUT2D eigenvalue weighted by Gasteiger charge is 2.41. The fourth-order valence-electron chi connectivity index (χ4n) is 25.8. The van der Waals surface area contributed by atoms with Crippen LogP contribution in [0.25, 0.3) is 242 Å². The highest BCUT2D eigenvalue weighted by atomic mass is 14.4. The van der Waals surface area contributed by atoms with Crippen LogP contribution >= 0.6 is 0 Å². The average Bonchev–Trinajstić information content (AvgIpc) is 1.63. The Hall–Kier alpha value is -17.4. The van der Waals surface area contributed by atoms with Crippen molar-refractivity contribution in [3.63, 3.8) is 0 Å². The number of fused-ring (bicyclic) bond motifs is 20. The molecule has 0 nitrogen and oxygen atoms in total. The Morgan fingerprint density at radius 3 is 0.651 bits per heavy atom. The molecule has 0 radical (unpaired) electrons. The average molecular weight is 1860 g/mol. The first-order valence-electron chi connectivity index (χ1n) is 51.6. The molecule has 29 rings (SSSR count). The van der Waals surface area contributed by atoms with E-state index < -0.39 is 0 Å². The third kappa shape index (κ3) is 14.1. The van der Waals surface area contributed by atoms with Gasteiger partial charge in [0.15, 0.2) is 0 Å². The summed E-state index contributed by atoms with van der Waals surface area (Å²) in [6, 6.07) is 185. The van der Waals surface area contributed by atoms with Crippen molar-refractivity contribution in [2.45, 2.75) is 77.0 Å². The van der Waals surface area contributed by atoms with Gasteiger partial charge in [0, 0.05) is 21.7 Å². The van der Waals surface area contributed by atoms with Crippen molar-refractivity contribution in [3.05, 3.63) is 542 Å². The van der Waals surface area contributed by atoms with Crippen LogP contribution in [0.5, 0.6) is 0 Å². The maximum atomic E-state index is 2.51. The molecule has 0 unspecified atom stereocenters. The zero-order valence-electron chi connectivity index (χ0n) is 83.3. The zero-order chi connectivity index (χ0) is 98.0. The van der Waals surface area contributed by atoms with Crippen LogP contribution in [0.1, 0.15) is 99.9 Å². The molecule has 0 fully saturated rings. The summed E-state index contributed by atoms with van der Waals surface area (Å²) >= 11 is 0. The van der Waals surface area contributed by atoms with Gasteiger partial charge in [-0.05, 0) is 341 Å². The monoisotopic (exact) mass is 1860 g/mol. The van der Waals surface area contributed by atoms with Gasteiger partial charge in [-0.3, -0.25) is 0 Å². The summed E-state index contributed by atoms with van der Waals surface area (Å²) < 4.78 is 0. The molecule has 0 saturated carbocycles.